The molecular formula is C33H36N2O2S. The molecule has 4 nitrogen and oxygen atoms in total. The molecule has 0 bridgehead atoms. The van der Waals surface area contributed by atoms with E-state index in [9.17, 15) is 4.55 Å². The van der Waals surface area contributed by atoms with Crippen LogP contribution in [0.4, 0.5) is 0 Å². The van der Waals surface area contributed by atoms with E-state index in [-0.39, 0.29) is 16.7 Å². The fraction of sp³-hybridized carbons (Fsp3) is 0.242. The number of methoxy groups -OCH3 is 1. The summed E-state index contributed by atoms with van der Waals surface area (Å²) in [5, 5.41) is 0. The Kier molecular flexibility index (Phi) is 9.40. The molecule has 5 heteroatoms. The maximum absolute atomic E-state index is 13.1. The zero-order valence-electron chi connectivity index (χ0n) is 22.5. The van der Waals surface area contributed by atoms with Crippen molar-refractivity contribution in [2.75, 3.05) is 13.7 Å². The Morgan fingerprint density at radius 3 is 1.74 bits per heavy atom. The molecule has 4 aromatic rings. The van der Waals surface area contributed by atoms with Gasteiger partial charge in [0.1, 0.15) is 10.5 Å². The maximum Gasteiger partial charge on any atom is 0.136 e. The van der Waals surface area contributed by atoms with Gasteiger partial charge in [-0.3, -0.25) is 4.99 Å². The van der Waals surface area contributed by atoms with Gasteiger partial charge in [-0.15, -0.1) is 4.72 Å². The van der Waals surface area contributed by atoms with E-state index in [0.29, 0.717) is 6.54 Å². The summed E-state index contributed by atoms with van der Waals surface area (Å²) in [4.78, 5) is 5.49. The molecule has 0 saturated carbocycles. The lowest BCUT2D eigenvalue weighted by Crippen LogP contribution is -2.41. The Bertz CT molecular complexity index is 1250. The maximum atomic E-state index is 13.1. The molecule has 0 fully saturated rings. The minimum absolute atomic E-state index is 0.0861. The minimum atomic E-state index is -1.22. The fourth-order valence-corrected chi connectivity index (χ4v) is 5.10. The van der Waals surface area contributed by atoms with E-state index in [2.05, 4.69) is 53.3 Å². The first-order chi connectivity index (χ1) is 18.4. The average molecular weight is 525 g/mol. The van der Waals surface area contributed by atoms with Gasteiger partial charge in [0.05, 0.1) is 25.4 Å². The van der Waals surface area contributed by atoms with Crippen molar-refractivity contribution in [1.82, 2.24) is 4.72 Å². The lowest BCUT2D eigenvalue weighted by molar-refractivity contribution is 0.414. The van der Waals surface area contributed by atoms with Crippen LogP contribution in [0, 0.1) is 0 Å². The normalized spacial score (nSPS) is 13.8. The lowest BCUT2D eigenvalue weighted by atomic mass is 9.86. The number of hydrogen-bond donors (Lipinski definition) is 1. The number of hydrogen-bond acceptors (Lipinski definition) is 4. The first-order valence-electron chi connectivity index (χ1n) is 12.9. The molecule has 3 atom stereocenters. The Morgan fingerprint density at radius 2 is 1.26 bits per heavy atom. The molecule has 0 aliphatic rings. The number of nitrogens with zero attached hydrogens (tertiary/aromatic N) is 1. The summed E-state index contributed by atoms with van der Waals surface area (Å²) >= 11 is -1.22. The largest absolute Gasteiger partial charge is 0.598 e. The topological polar surface area (TPSA) is 56.7 Å². The van der Waals surface area contributed by atoms with Crippen LogP contribution in [0.5, 0.6) is 5.75 Å². The summed E-state index contributed by atoms with van der Waals surface area (Å²) in [6.45, 7) is 6.44. The van der Waals surface area contributed by atoms with E-state index in [1.54, 1.807) is 7.11 Å². The molecule has 4 aromatic carbocycles. The van der Waals surface area contributed by atoms with Gasteiger partial charge < -0.3 is 9.29 Å². The summed E-state index contributed by atoms with van der Waals surface area (Å²) in [6, 6.07) is 38.9. The average Bonchev–Trinajstić information content (AvgIpc) is 2.95. The van der Waals surface area contributed by atoms with Crippen molar-refractivity contribution in [1.29, 1.82) is 0 Å². The minimum Gasteiger partial charge on any atom is -0.598 e. The summed E-state index contributed by atoms with van der Waals surface area (Å²) in [7, 11) is 1.67. The second-order valence-electron chi connectivity index (χ2n) is 10.2. The monoisotopic (exact) mass is 524 g/mol. The molecular weight excluding hydrogens is 488 g/mol. The Labute approximate surface area is 230 Å². The standard InChI is InChI=1S/C33H36N2O2S/c1-33(2,3)38(36)34-24-30(25-20-22-29(37-4)23-21-25)32(28-18-12-7-13-19-28)35-31(26-14-8-5-9-15-26)27-16-10-6-11-17-27/h5-23,30,32,34H,24H2,1-4H3/t30?,32?,38-/m1/s1. The van der Waals surface area contributed by atoms with Gasteiger partial charge in [0.15, 0.2) is 0 Å². The van der Waals surface area contributed by atoms with Crippen molar-refractivity contribution in [2.45, 2.75) is 37.5 Å². The van der Waals surface area contributed by atoms with Crippen LogP contribution in [0.3, 0.4) is 0 Å². The molecule has 0 radical (unpaired) electrons. The molecule has 0 saturated heterocycles. The van der Waals surface area contributed by atoms with Crippen LogP contribution in [0.2, 0.25) is 0 Å². The predicted octanol–water partition coefficient (Wildman–Crippen LogP) is 7.11. The van der Waals surface area contributed by atoms with Gasteiger partial charge in [0.25, 0.3) is 0 Å². The highest BCUT2D eigenvalue weighted by Gasteiger charge is 2.31. The van der Waals surface area contributed by atoms with E-state index >= 15 is 0 Å². The molecule has 2 unspecified atom stereocenters. The molecule has 0 heterocycles. The van der Waals surface area contributed by atoms with Crippen LogP contribution in [-0.4, -0.2) is 28.7 Å². The number of nitrogens with one attached hydrogen (secondary N) is 1. The molecule has 38 heavy (non-hydrogen) atoms. The Hall–Kier alpha value is -3.38. The van der Waals surface area contributed by atoms with Crippen molar-refractivity contribution in [3.8, 4) is 5.75 Å². The quantitative estimate of drug-likeness (QED) is 0.178. The highest BCUT2D eigenvalue weighted by atomic mass is 32.2. The molecule has 0 aliphatic carbocycles. The van der Waals surface area contributed by atoms with Gasteiger partial charge in [0, 0.05) is 28.4 Å². The van der Waals surface area contributed by atoms with Gasteiger partial charge >= 0.3 is 0 Å². The Morgan fingerprint density at radius 1 is 0.763 bits per heavy atom. The molecule has 4 rings (SSSR count). The van der Waals surface area contributed by atoms with Crippen LogP contribution in [0.25, 0.3) is 0 Å². The Balaban J connectivity index is 1.87. The summed E-state index contributed by atoms with van der Waals surface area (Å²) in [6.07, 6.45) is 0. The van der Waals surface area contributed by atoms with E-state index in [0.717, 1.165) is 33.7 Å². The second kappa shape index (κ2) is 12.9. The molecule has 196 valence electrons. The third-order valence-corrected chi connectivity index (χ3v) is 7.96. The number of benzene rings is 4. The van der Waals surface area contributed by atoms with Gasteiger partial charge in [-0.1, -0.05) is 103 Å². The highest BCUT2D eigenvalue weighted by molar-refractivity contribution is 7.90. The number of aliphatic imine (C=N–C) groups is 1. The molecule has 1 N–H and O–H groups in total. The molecule has 0 aromatic heterocycles. The molecule has 0 spiro atoms. The summed E-state index contributed by atoms with van der Waals surface area (Å²) < 4.78 is 21.4. The van der Waals surface area contributed by atoms with Crippen molar-refractivity contribution in [3.05, 3.63) is 138 Å². The van der Waals surface area contributed by atoms with Crippen molar-refractivity contribution in [3.63, 3.8) is 0 Å². The smallest absolute Gasteiger partial charge is 0.136 e. The van der Waals surface area contributed by atoms with Gasteiger partial charge in [-0.2, -0.15) is 0 Å². The van der Waals surface area contributed by atoms with Gasteiger partial charge in [0.2, 0.25) is 0 Å². The predicted molar refractivity (Wildman–Crippen MR) is 159 cm³/mol. The molecule has 0 aliphatic heterocycles. The second-order valence-corrected chi connectivity index (χ2v) is 12.2. The summed E-state index contributed by atoms with van der Waals surface area (Å²) in [5.74, 6) is 0.713. The van der Waals surface area contributed by atoms with Gasteiger partial charge in [-0.05, 0) is 44.0 Å². The third kappa shape index (κ3) is 7.13. The van der Waals surface area contributed by atoms with Crippen LogP contribution in [-0.2, 0) is 11.4 Å². The van der Waals surface area contributed by atoms with E-state index < -0.39 is 11.4 Å². The van der Waals surface area contributed by atoms with E-state index in [1.165, 1.54) is 0 Å². The van der Waals surface area contributed by atoms with Crippen LogP contribution in [0.15, 0.2) is 120 Å². The third-order valence-electron chi connectivity index (χ3n) is 6.42. The number of rotatable bonds is 10. The van der Waals surface area contributed by atoms with Crippen molar-refractivity contribution in [2.24, 2.45) is 4.99 Å². The van der Waals surface area contributed by atoms with Crippen molar-refractivity contribution < 1.29 is 9.29 Å². The van der Waals surface area contributed by atoms with E-state index in [1.807, 2.05) is 87.5 Å². The zero-order chi connectivity index (χ0) is 27.0. The first-order valence-corrected chi connectivity index (χ1v) is 14.0. The highest BCUT2D eigenvalue weighted by Crippen LogP contribution is 2.36. The van der Waals surface area contributed by atoms with Crippen LogP contribution in [0.1, 0.15) is 55.0 Å². The summed E-state index contributed by atoms with van der Waals surface area (Å²) in [5.41, 5.74) is 5.23. The first kappa shape index (κ1) is 27.6. The fourth-order valence-electron chi connectivity index (χ4n) is 4.34. The van der Waals surface area contributed by atoms with Gasteiger partial charge in [-0.25, -0.2) is 0 Å². The molecule has 0 amide bonds. The lowest BCUT2D eigenvalue weighted by Gasteiger charge is -2.29. The van der Waals surface area contributed by atoms with Crippen LogP contribution < -0.4 is 9.46 Å². The zero-order valence-corrected chi connectivity index (χ0v) is 23.3. The number of ether oxygens (including phenoxy) is 1. The van der Waals surface area contributed by atoms with Crippen LogP contribution >= 0.6 is 0 Å². The SMILES string of the molecule is COc1ccc(C(CN[S@+]([O-])C(C)(C)C)C(N=C(c2ccccc2)c2ccccc2)c2ccccc2)cc1. The van der Waals surface area contributed by atoms with E-state index in [4.69, 9.17) is 9.73 Å². The van der Waals surface area contributed by atoms with Crippen molar-refractivity contribution >= 4 is 17.1 Å².